The van der Waals surface area contributed by atoms with Gasteiger partial charge in [-0.05, 0) is 30.5 Å². The molecule has 2 rings (SSSR count). The number of halogens is 4. The van der Waals surface area contributed by atoms with E-state index in [9.17, 15) is 27.2 Å². The van der Waals surface area contributed by atoms with Crippen LogP contribution in [0.2, 0.25) is 0 Å². The van der Waals surface area contributed by atoms with Gasteiger partial charge >= 0.3 is 12.1 Å². The van der Waals surface area contributed by atoms with Crippen LogP contribution in [0.25, 0.3) is 0 Å². The van der Waals surface area contributed by atoms with Crippen LogP contribution in [0.4, 0.5) is 17.6 Å². The highest BCUT2D eigenvalue weighted by Gasteiger charge is 2.39. The number of rotatable bonds is 6. The van der Waals surface area contributed by atoms with E-state index in [4.69, 9.17) is 0 Å². The zero-order chi connectivity index (χ0) is 20.7. The van der Waals surface area contributed by atoms with Crippen molar-refractivity contribution in [3.05, 3.63) is 65.2 Å². The lowest BCUT2D eigenvalue weighted by molar-refractivity contribution is -0.174. The Labute approximate surface area is 162 Å². The summed E-state index contributed by atoms with van der Waals surface area (Å²) in [6.07, 6.45) is -1.66. The topological polar surface area (TPSA) is 74.3 Å². The Morgan fingerprint density at radius 2 is 1.89 bits per heavy atom. The molecular formula is C17H16F4N4O2S. The van der Waals surface area contributed by atoms with Crippen LogP contribution >= 0.6 is 11.9 Å². The maximum Gasteiger partial charge on any atom is 0.472 e. The van der Waals surface area contributed by atoms with E-state index in [0.717, 1.165) is 11.8 Å². The Balaban J connectivity index is 2.00. The standard InChI is InChI=1S/C17H16F4N4O2S/c1-28-25(10-13-4-2-3-7-22-13)9-12-6-5-11(8-14(12)18)15(26)23-24-16(27)17(19,20)21/h2-8H,9-10H2,1H3,(H,23,26)(H,24,27). The summed E-state index contributed by atoms with van der Waals surface area (Å²) in [7, 11) is 0. The summed E-state index contributed by atoms with van der Waals surface area (Å²) in [5.74, 6) is -4.10. The van der Waals surface area contributed by atoms with E-state index < -0.39 is 23.8 Å². The Hall–Kier alpha value is -2.66. The summed E-state index contributed by atoms with van der Waals surface area (Å²) < 4.78 is 52.5. The van der Waals surface area contributed by atoms with Gasteiger partial charge in [0.05, 0.1) is 12.2 Å². The Morgan fingerprint density at radius 1 is 1.14 bits per heavy atom. The molecule has 0 unspecified atom stereocenters. The molecule has 1 aromatic heterocycles. The fourth-order valence-corrected chi connectivity index (χ4v) is 2.65. The second-order valence-electron chi connectivity index (χ2n) is 5.51. The van der Waals surface area contributed by atoms with E-state index in [-0.39, 0.29) is 12.1 Å². The summed E-state index contributed by atoms with van der Waals surface area (Å²) in [5.41, 5.74) is 3.67. The molecular weight excluding hydrogens is 400 g/mol. The number of hydrogen-bond donors (Lipinski definition) is 2. The number of aromatic nitrogens is 1. The first kappa shape index (κ1) is 21.6. The molecule has 0 fully saturated rings. The van der Waals surface area contributed by atoms with Crippen LogP contribution in [0.3, 0.4) is 0 Å². The number of nitrogens with zero attached hydrogens (tertiary/aromatic N) is 2. The van der Waals surface area contributed by atoms with Gasteiger partial charge in [-0.25, -0.2) is 8.70 Å². The lowest BCUT2D eigenvalue weighted by Crippen LogP contribution is -2.47. The third-order valence-electron chi connectivity index (χ3n) is 3.53. The van der Waals surface area contributed by atoms with Gasteiger partial charge in [-0.3, -0.25) is 25.4 Å². The molecule has 2 aromatic rings. The molecule has 0 aliphatic heterocycles. The minimum atomic E-state index is -5.14. The molecule has 0 saturated heterocycles. The molecule has 1 heterocycles. The minimum absolute atomic E-state index is 0.219. The maximum absolute atomic E-state index is 14.3. The predicted molar refractivity (Wildman–Crippen MR) is 95.1 cm³/mol. The first-order chi connectivity index (χ1) is 13.2. The molecule has 0 radical (unpaired) electrons. The largest absolute Gasteiger partial charge is 0.472 e. The summed E-state index contributed by atoms with van der Waals surface area (Å²) >= 11 is 1.39. The fraction of sp³-hybridized carbons (Fsp3) is 0.235. The van der Waals surface area contributed by atoms with Gasteiger partial charge in [0.1, 0.15) is 5.82 Å². The highest BCUT2D eigenvalue weighted by atomic mass is 32.2. The van der Waals surface area contributed by atoms with Crippen molar-refractivity contribution >= 4 is 23.8 Å². The zero-order valence-corrected chi connectivity index (χ0v) is 15.4. The van der Waals surface area contributed by atoms with Crippen LogP contribution in [0, 0.1) is 5.82 Å². The highest BCUT2D eigenvalue weighted by Crippen LogP contribution is 2.19. The molecule has 1 aromatic carbocycles. The minimum Gasteiger partial charge on any atom is -0.267 e. The zero-order valence-electron chi connectivity index (χ0n) is 14.6. The Bertz CT molecular complexity index is 834. The number of benzene rings is 1. The number of alkyl halides is 3. The molecule has 6 nitrogen and oxygen atoms in total. The average molecular weight is 416 g/mol. The van der Waals surface area contributed by atoms with E-state index in [1.165, 1.54) is 29.5 Å². The molecule has 2 N–H and O–H groups in total. The average Bonchev–Trinajstić information content (AvgIpc) is 2.66. The quantitative estimate of drug-likeness (QED) is 0.430. The van der Waals surface area contributed by atoms with Crippen molar-refractivity contribution in [2.24, 2.45) is 0 Å². The molecule has 0 atom stereocenters. The molecule has 0 spiro atoms. The van der Waals surface area contributed by atoms with E-state index >= 15 is 0 Å². The van der Waals surface area contributed by atoms with Gasteiger partial charge in [0, 0.05) is 23.9 Å². The van der Waals surface area contributed by atoms with Gasteiger partial charge in [-0.1, -0.05) is 24.1 Å². The summed E-state index contributed by atoms with van der Waals surface area (Å²) in [6, 6.07) is 8.97. The van der Waals surface area contributed by atoms with Gasteiger partial charge in [-0.15, -0.1) is 0 Å². The second kappa shape index (κ2) is 9.51. The van der Waals surface area contributed by atoms with Crippen LogP contribution in [0.5, 0.6) is 0 Å². The van der Waals surface area contributed by atoms with Gasteiger partial charge in [0.2, 0.25) is 0 Å². The first-order valence-electron chi connectivity index (χ1n) is 7.85. The van der Waals surface area contributed by atoms with Gasteiger partial charge in [0.25, 0.3) is 5.91 Å². The van der Waals surface area contributed by atoms with Crippen molar-refractivity contribution in [1.29, 1.82) is 0 Å². The third-order valence-corrected chi connectivity index (χ3v) is 4.31. The van der Waals surface area contributed by atoms with Crippen molar-refractivity contribution in [3.8, 4) is 0 Å². The van der Waals surface area contributed by atoms with Crippen molar-refractivity contribution in [1.82, 2.24) is 20.1 Å². The molecule has 0 aliphatic carbocycles. The number of carbonyl (C=O) groups is 2. The Morgan fingerprint density at radius 3 is 2.46 bits per heavy atom. The van der Waals surface area contributed by atoms with Gasteiger partial charge in [0.15, 0.2) is 0 Å². The number of hydrazine groups is 1. The second-order valence-corrected chi connectivity index (χ2v) is 6.40. The SMILES string of the molecule is CSN(Cc1ccccn1)Cc1ccc(C(=O)NNC(=O)C(F)(F)F)cc1F. The van der Waals surface area contributed by atoms with Crippen molar-refractivity contribution in [2.75, 3.05) is 6.26 Å². The smallest absolute Gasteiger partial charge is 0.267 e. The van der Waals surface area contributed by atoms with Crippen LogP contribution in [-0.2, 0) is 17.9 Å². The number of hydrogen-bond acceptors (Lipinski definition) is 5. The van der Waals surface area contributed by atoms with Crippen molar-refractivity contribution in [2.45, 2.75) is 19.3 Å². The third kappa shape index (κ3) is 6.20. The normalized spacial score (nSPS) is 11.4. The van der Waals surface area contributed by atoms with Crippen LogP contribution in [0.15, 0.2) is 42.6 Å². The first-order valence-corrected chi connectivity index (χ1v) is 9.03. The summed E-state index contributed by atoms with van der Waals surface area (Å²) in [6.45, 7) is 0.684. The lowest BCUT2D eigenvalue weighted by atomic mass is 10.1. The highest BCUT2D eigenvalue weighted by molar-refractivity contribution is 7.96. The number of pyridine rings is 1. The maximum atomic E-state index is 14.3. The summed E-state index contributed by atoms with van der Waals surface area (Å²) in [4.78, 5) is 26.7. The monoisotopic (exact) mass is 416 g/mol. The van der Waals surface area contributed by atoms with E-state index in [2.05, 4.69) is 4.98 Å². The van der Waals surface area contributed by atoms with Gasteiger partial charge in [-0.2, -0.15) is 13.2 Å². The molecule has 0 aliphatic rings. The van der Waals surface area contributed by atoms with Gasteiger partial charge < -0.3 is 0 Å². The van der Waals surface area contributed by atoms with E-state index in [0.29, 0.717) is 12.1 Å². The van der Waals surface area contributed by atoms with Crippen LogP contribution in [0.1, 0.15) is 21.6 Å². The van der Waals surface area contributed by atoms with E-state index in [1.54, 1.807) is 17.7 Å². The molecule has 2 amide bonds. The molecule has 0 saturated carbocycles. The molecule has 0 bridgehead atoms. The fourth-order valence-electron chi connectivity index (χ4n) is 2.12. The molecule has 150 valence electrons. The summed E-state index contributed by atoms with van der Waals surface area (Å²) in [5, 5.41) is 0. The van der Waals surface area contributed by atoms with Crippen molar-refractivity contribution in [3.63, 3.8) is 0 Å². The lowest BCUT2D eigenvalue weighted by Gasteiger charge is -2.19. The predicted octanol–water partition coefficient (Wildman–Crippen LogP) is 2.82. The molecule has 28 heavy (non-hydrogen) atoms. The van der Waals surface area contributed by atoms with Crippen LogP contribution < -0.4 is 10.9 Å². The number of amides is 2. The number of nitrogens with one attached hydrogen (secondary N) is 2. The van der Waals surface area contributed by atoms with E-state index in [1.807, 2.05) is 22.7 Å². The molecule has 11 heteroatoms. The van der Waals surface area contributed by atoms with Crippen LogP contribution in [-0.4, -0.2) is 33.5 Å². The van der Waals surface area contributed by atoms with Crippen molar-refractivity contribution < 1.29 is 27.2 Å². The Kier molecular flexibility index (Phi) is 7.35. The number of carbonyl (C=O) groups excluding carboxylic acids is 2.